The number of amides is 1. The summed E-state index contributed by atoms with van der Waals surface area (Å²) >= 11 is 5.94. The SMILES string of the molecule is COc1ccccc1NC(=O)C1CCN(c2ccc(-c3ccc(Cl)cc3)nn2)CC1. The molecular weight excluding hydrogens is 400 g/mol. The van der Waals surface area contributed by atoms with Gasteiger partial charge in [-0.15, -0.1) is 10.2 Å². The summed E-state index contributed by atoms with van der Waals surface area (Å²) in [5.41, 5.74) is 2.49. The number of halogens is 1. The Morgan fingerprint density at radius 1 is 1.03 bits per heavy atom. The summed E-state index contributed by atoms with van der Waals surface area (Å²) in [6.07, 6.45) is 1.53. The van der Waals surface area contributed by atoms with E-state index in [4.69, 9.17) is 16.3 Å². The Morgan fingerprint density at radius 3 is 2.43 bits per heavy atom. The van der Waals surface area contributed by atoms with Crippen LogP contribution in [0.4, 0.5) is 11.5 Å². The monoisotopic (exact) mass is 422 g/mol. The predicted molar refractivity (Wildman–Crippen MR) is 119 cm³/mol. The van der Waals surface area contributed by atoms with Crippen LogP contribution in [0.1, 0.15) is 12.8 Å². The number of anilines is 2. The fourth-order valence-corrected chi connectivity index (χ4v) is 3.75. The summed E-state index contributed by atoms with van der Waals surface area (Å²) in [5.74, 6) is 1.49. The molecule has 1 aliphatic heterocycles. The zero-order valence-electron chi connectivity index (χ0n) is 16.7. The average Bonchev–Trinajstić information content (AvgIpc) is 2.80. The second-order valence-corrected chi connectivity index (χ2v) is 7.67. The summed E-state index contributed by atoms with van der Waals surface area (Å²) in [6.45, 7) is 1.53. The van der Waals surface area contributed by atoms with Gasteiger partial charge >= 0.3 is 0 Å². The highest BCUT2D eigenvalue weighted by Gasteiger charge is 2.26. The van der Waals surface area contributed by atoms with Crippen LogP contribution < -0.4 is 15.0 Å². The second kappa shape index (κ2) is 9.13. The third kappa shape index (κ3) is 4.54. The molecule has 0 spiro atoms. The second-order valence-electron chi connectivity index (χ2n) is 7.23. The van der Waals surface area contributed by atoms with Crippen molar-refractivity contribution < 1.29 is 9.53 Å². The van der Waals surface area contributed by atoms with Crippen molar-refractivity contribution in [2.75, 3.05) is 30.4 Å². The summed E-state index contributed by atoms with van der Waals surface area (Å²) in [4.78, 5) is 14.9. The van der Waals surface area contributed by atoms with E-state index < -0.39 is 0 Å². The summed E-state index contributed by atoms with van der Waals surface area (Å²) in [7, 11) is 1.60. The molecule has 1 saturated heterocycles. The van der Waals surface area contributed by atoms with E-state index in [1.807, 2.05) is 60.7 Å². The number of carbonyl (C=O) groups is 1. The zero-order valence-corrected chi connectivity index (χ0v) is 17.5. The van der Waals surface area contributed by atoms with Crippen LogP contribution in [0.15, 0.2) is 60.7 Å². The number of methoxy groups -OCH3 is 1. The molecule has 1 N–H and O–H groups in total. The van der Waals surface area contributed by atoms with Crippen LogP contribution in [-0.2, 0) is 4.79 Å². The molecule has 0 saturated carbocycles. The highest BCUT2D eigenvalue weighted by molar-refractivity contribution is 6.30. The van der Waals surface area contributed by atoms with Gasteiger partial charge in [0.15, 0.2) is 5.82 Å². The van der Waals surface area contributed by atoms with Crippen LogP contribution in [-0.4, -0.2) is 36.3 Å². The first kappa shape index (κ1) is 20.2. The molecule has 6 nitrogen and oxygen atoms in total. The van der Waals surface area contributed by atoms with E-state index in [0.717, 1.165) is 43.0 Å². The maximum atomic E-state index is 12.7. The predicted octanol–water partition coefficient (Wildman–Crippen LogP) is 4.66. The van der Waals surface area contributed by atoms with Crippen molar-refractivity contribution in [1.29, 1.82) is 0 Å². The molecule has 2 aromatic carbocycles. The summed E-state index contributed by atoms with van der Waals surface area (Å²) < 4.78 is 5.31. The van der Waals surface area contributed by atoms with Gasteiger partial charge in [0.05, 0.1) is 18.5 Å². The van der Waals surface area contributed by atoms with E-state index in [1.54, 1.807) is 7.11 Å². The molecule has 0 bridgehead atoms. The van der Waals surface area contributed by atoms with E-state index in [-0.39, 0.29) is 11.8 Å². The van der Waals surface area contributed by atoms with Crippen molar-refractivity contribution in [3.63, 3.8) is 0 Å². The number of para-hydroxylation sites is 2. The van der Waals surface area contributed by atoms with Gasteiger partial charge < -0.3 is 15.0 Å². The Kier molecular flexibility index (Phi) is 6.14. The van der Waals surface area contributed by atoms with Gasteiger partial charge in [0.1, 0.15) is 5.75 Å². The van der Waals surface area contributed by atoms with Crippen LogP contribution in [0.2, 0.25) is 5.02 Å². The fourth-order valence-electron chi connectivity index (χ4n) is 3.62. The lowest BCUT2D eigenvalue weighted by molar-refractivity contribution is -0.120. The number of carbonyl (C=O) groups excluding carboxylic acids is 1. The molecule has 0 unspecified atom stereocenters. The molecule has 4 rings (SSSR count). The zero-order chi connectivity index (χ0) is 20.9. The maximum Gasteiger partial charge on any atom is 0.227 e. The molecule has 1 amide bonds. The molecule has 2 heterocycles. The Bertz CT molecular complexity index is 1000. The summed E-state index contributed by atoms with van der Waals surface area (Å²) in [5, 5.41) is 12.4. The Morgan fingerprint density at radius 2 is 1.77 bits per heavy atom. The molecule has 30 heavy (non-hydrogen) atoms. The first-order valence-electron chi connectivity index (χ1n) is 9.92. The molecule has 1 aromatic heterocycles. The topological polar surface area (TPSA) is 67.3 Å². The van der Waals surface area contributed by atoms with Crippen molar-refractivity contribution in [3.8, 4) is 17.0 Å². The molecule has 0 aliphatic carbocycles. The lowest BCUT2D eigenvalue weighted by Gasteiger charge is -2.31. The van der Waals surface area contributed by atoms with Gasteiger partial charge in [-0.1, -0.05) is 35.9 Å². The van der Waals surface area contributed by atoms with E-state index in [0.29, 0.717) is 16.5 Å². The normalized spacial score (nSPS) is 14.4. The number of piperidine rings is 1. The maximum absolute atomic E-state index is 12.7. The smallest absolute Gasteiger partial charge is 0.227 e. The fraction of sp³-hybridized carbons (Fsp3) is 0.261. The minimum atomic E-state index is -0.0348. The number of ether oxygens (including phenoxy) is 1. The largest absolute Gasteiger partial charge is 0.495 e. The van der Waals surface area contributed by atoms with E-state index in [1.165, 1.54) is 0 Å². The van der Waals surface area contributed by atoms with Crippen molar-refractivity contribution >= 4 is 29.0 Å². The lowest BCUT2D eigenvalue weighted by Crippen LogP contribution is -2.38. The van der Waals surface area contributed by atoms with Gasteiger partial charge in [0.25, 0.3) is 0 Å². The standard InChI is InChI=1S/C23H23ClN4O2/c1-30-21-5-3-2-4-20(21)25-23(29)17-12-14-28(15-13-17)22-11-10-19(26-27-22)16-6-8-18(24)9-7-16/h2-11,17H,12-15H2,1H3,(H,25,29). The Labute approximate surface area is 180 Å². The minimum absolute atomic E-state index is 0.0309. The third-order valence-electron chi connectivity index (χ3n) is 5.35. The van der Waals surface area contributed by atoms with Crippen molar-refractivity contribution in [2.24, 2.45) is 5.92 Å². The van der Waals surface area contributed by atoms with Crippen LogP contribution in [0.25, 0.3) is 11.3 Å². The molecular formula is C23H23ClN4O2. The number of hydrogen-bond donors (Lipinski definition) is 1. The first-order chi connectivity index (χ1) is 14.6. The van der Waals surface area contributed by atoms with Crippen LogP contribution >= 0.6 is 11.6 Å². The molecule has 3 aromatic rings. The highest BCUT2D eigenvalue weighted by atomic mass is 35.5. The number of aromatic nitrogens is 2. The summed E-state index contributed by atoms with van der Waals surface area (Å²) in [6, 6.07) is 18.9. The van der Waals surface area contributed by atoms with Crippen molar-refractivity contribution in [3.05, 3.63) is 65.7 Å². The van der Waals surface area contributed by atoms with Crippen LogP contribution in [0.3, 0.4) is 0 Å². The van der Waals surface area contributed by atoms with Crippen LogP contribution in [0.5, 0.6) is 5.75 Å². The van der Waals surface area contributed by atoms with E-state index >= 15 is 0 Å². The average molecular weight is 423 g/mol. The van der Waals surface area contributed by atoms with Gasteiger partial charge in [0.2, 0.25) is 5.91 Å². The number of hydrogen-bond acceptors (Lipinski definition) is 5. The van der Waals surface area contributed by atoms with Crippen molar-refractivity contribution in [1.82, 2.24) is 10.2 Å². The van der Waals surface area contributed by atoms with Gasteiger partial charge in [-0.3, -0.25) is 4.79 Å². The van der Waals surface area contributed by atoms with E-state index in [9.17, 15) is 4.79 Å². The molecule has 154 valence electrons. The van der Waals surface area contributed by atoms with Gasteiger partial charge in [-0.05, 0) is 49.2 Å². The van der Waals surface area contributed by atoms with Crippen molar-refractivity contribution in [2.45, 2.75) is 12.8 Å². The Balaban J connectivity index is 1.35. The number of benzene rings is 2. The van der Waals surface area contributed by atoms with Gasteiger partial charge in [-0.2, -0.15) is 0 Å². The highest BCUT2D eigenvalue weighted by Crippen LogP contribution is 2.27. The molecule has 0 radical (unpaired) electrons. The minimum Gasteiger partial charge on any atom is -0.495 e. The quantitative estimate of drug-likeness (QED) is 0.647. The Hall–Kier alpha value is -3.12. The first-order valence-corrected chi connectivity index (χ1v) is 10.3. The van der Waals surface area contributed by atoms with Gasteiger partial charge in [0, 0.05) is 29.6 Å². The van der Waals surface area contributed by atoms with Gasteiger partial charge in [-0.25, -0.2) is 0 Å². The lowest BCUT2D eigenvalue weighted by atomic mass is 9.95. The molecule has 1 aliphatic rings. The number of nitrogens with one attached hydrogen (secondary N) is 1. The molecule has 0 atom stereocenters. The number of rotatable bonds is 5. The molecule has 1 fully saturated rings. The van der Waals surface area contributed by atoms with Crippen LogP contribution in [0, 0.1) is 5.92 Å². The van der Waals surface area contributed by atoms with E-state index in [2.05, 4.69) is 20.4 Å². The third-order valence-corrected chi connectivity index (χ3v) is 5.60. The molecule has 7 heteroatoms. The number of nitrogens with zero attached hydrogens (tertiary/aromatic N) is 3.